The molecule has 94 valence electrons. The van der Waals surface area contributed by atoms with E-state index in [1.165, 1.54) is 11.3 Å². The van der Waals surface area contributed by atoms with Crippen molar-refractivity contribution in [2.75, 3.05) is 0 Å². The number of carbonyl (C=O) groups excluding carboxylic acids is 1. The summed E-state index contributed by atoms with van der Waals surface area (Å²) in [7, 11) is 0. The molecule has 1 rings (SSSR count). The average molecular weight is 385 g/mol. The van der Waals surface area contributed by atoms with Crippen molar-refractivity contribution in [3.63, 3.8) is 0 Å². The van der Waals surface area contributed by atoms with Crippen molar-refractivity contribution in [3.05, 3.63) is 19.2 Å². The lowest BCUT2D eigenvalue weighted by Crippen LogP contribution is -2.32. The smallest absolute Gasteiger partial charge is 0.303 e. The molecule has 0 aliphatic heterocycles. The van der Waals surface area contributed by atoms with Crippen molar-refractivity contribution in [3.8, 4) is 0 Å². The van der Waals surface area contributed by atoms with E-state index in [1.54, 1.807) is 13.0 Å². The second-order valence-corrected chi connectivity index (χ2v) is 6.76. The van der Waals surface area contributed by atoms with E-state index >= 15 is 0 Å². The van der Waals surface area contributed by atoms with Gasteiger partial charge < -0.3 is 10.4 Å². The lowest BCUT2D eigenvalue weighted by Gasteiger charge is -2.11. The SMILES string of the molecule is CC(CCC(=O)O)NC(=O)c1cc(Br)c(Br)s1. The van der Waals surface area contributed by atoms with Crippen LogP contribution in [0.2, 0.25) is 0 Å². The Kier molecular flexibility index (Phi) is 5.61. The van der Waals surface area contributed by atoms with Crippen LogP contribution in [0, 0.1) is 0 Å². The maximum absolute atomic E-state index is 11.8. The number of hydrogen-bond donors (Lipinski definition) is 2. The van der Waals surface area contributed by atoms with Crippen LogP contribution in [0.5, 0.6) is 0 Å². The van der Waals surface area contributed by atoms with E-state index in [-0.39, 0.29) is 18.4 Å². The third-order valence-corrected chi connectivity index (χ3v) is 5.29. The summed E-state index contributed by atoms with van der Waals surface area (Å²) >= 11 is 7.95. The number of rotatable bonds is 5. The Balaban J connectivity index is 2.51. The molecule has 0 aliphatic carbocycles. The van der Waals surface area contributed by atoms with Crippen LogP contribution in [0.15, 0.2) is 14.3 Å². The van der Waals surface area contributed by atoms with Crippen molar-refractivity contribution in [1.29, 1.82) is 0 Å². The van der Waals surface area contributed by atoms with E-state index in [0.29, 0.717) is 11.3 Å². The number of nitrogens with one attached hydrogen (secondary N) is 1. The molecule has 7 heteroatoms. The fraction of sp³-hybridized carbons (Fsp3) is 0.400. The number of thiophene rings is 1. The Morgan fingerprint density at radius 2 is 2.18 bits per heavy atom. The van der Waals surface area contributed by atoms with Gasteiger partial charge in [0, 0.05) is 16.9 Å². The number of carboxylic acids is 1. The van der Waals surface area contributed by atoms with Crippen molar-refractivity contribution in [2.24, 2.45) is 0 Å². The van der Waals surface area contributed by atoms with Crippen LogP contribution < -0.4 is 5.32 Å². The minimum absolute atomic E-state index is 0.0548. The molecule has 1 atom stereocenters. The predicted octanol–water partition coefficient (Wildman–Crippen LogP) is 3.26. The molecule has 1 aromatic rings. The average Bonchev–Trinajstić information content (AvgIpc) is 2.56. The number of aliphatic carboxylic acids is 1. The zero-order valence-electron chi connectivity index (χ0n) is 9.00. The monoisotopic (exact) mass is 383 g/mol. The molecule has 0 saturated carbocycles. The standard InChI is InChI=1S/C10H11Br2NO3S/c1-5(2-3-8(14)15)13-10(16)7-4-6(11)9(12)17-7/h4-5H,2-3H2,1H3,(H,13,16)(H,14,15). The van der Waals surface area contributed by atoms with Gasteiger partial charge in [0.2, 0.25) is 0 Å². The van der Waals surface area contributed by atoms with Gasteiger partial charge in [-0.05, 0) is 51.3 Å². The third-order valence-electron chi connectivity index (χ3n) is 2.04. The third kappa shape index (κ3) is 4.77. The number of hydrogen-bond acceptors (Lipinski definition) is 3. The molecule has 0 aliphatic rings. The molecule has 17 heavy (non-hydrogen) atoms. The van der Waals surface area contributed by atoms with E-state index in [4.69, 9.17) is 5.11 Å². The Hall–Kier alpha value is -0.400. The highest BCUT2D eigenvalue weighted by atomic mass is 79.9. The molecule has 1 heterocycles. The molecule has 0 bridgehead atoms. The molecule has 0 aromatic carbocycles. The summed E-state index contributed by atoms with van der Waals surface area (Å²) in [6.45, 7) is 1.79. The van der Waals surface area contributed by atoms with E-state index < -0.39 is 5.97 Å². The number of amides is 1. The first-order valence-corrected chi connectivity index (χ1v) is 7.28. The normalized spacial score (nSPS) is 12.2. The van der Waals surface area contributed by atoms with Crippen LogP contribution in [0.1, 0.15) is 29.4 Å². The molecular weight excluding hydrogens is 374 g/mol. The topological polar surface area (TPSA) is 66.4 Å². The van der Waals surface area contributed by atoms with Gasteiger partial charge in [-0.25, -0.2) is 0 Å². The minimum atomic E-state index is -0.854. The van der Waals surface area contributed by atoms with Gasteiger partial charge in [-0.1, -0.05) is 0 Å². The minimum Gasteiger partial charge on any atom is -0.481 e. The van der Waals surface area contributed by atoms with Gasteiger partial charge >= 0.3 is 5.97 Å². The first-order valence-electron chi connectivity index (χ1n) is 4.87. The summed E-state index contributed by atoms with van der Waals surface area (Å²) in [4.78, 5) is 22.7. The highest BCUT2D eigenvalue weighted by Crippen LogP contribution is 2.32. The molecule has 0 fully saturated rings. The molecule has 0 spiro atoms. The van der Waals surface area contributed by atoms with E-state index in [0.717, 1.165) is 8.26 Å². The van der Waals surface area contributed by atoms with Crippen LogP contribution in [0.3, 0.4) is 0 Å². The fourth-order valence-electron chi connectivity index (χ4n) is 1.17. The molecule has 4 nitrogen and oxygen atoms in total. The number of halogens is 2. The maximum Gasteiger partial charge on any atom is 0.303 e. The zero-order chi connectivity index (χ0) is 13.0. The molecule has 0 saturated heterocycles. The maximum atomic E-state index is 11.8. The Morgan fingerprint density at radius 1 is 1.53 bits per heavy atom. The first kappa shape index (κ1) is 14.7. The molecule has 1 amide bonds. The fourth-order valence-corrected chi connectivity index (χ4v) is 3.10. The highest BCUT2D eigenvalue weighted by Gasteiger charge is 2.14. The van der Waals surface area contributed by atoms with Gasteiger partial charge in [-0.2, -0.15) is 0 Å². The van der Waals surface area contributed by atoms with Crippen molar-refractivity contribution in [1.82, 2.24) is 5.32 Å². The Morgan fingerprint density at radius 3 is 2.65 bits per heavy atom. The Labute approximate surface area is 120 Å². The van der Waals surface area contributed by atoms with Gasteiger partial charge in [0.05, 0.1) is 8.66 Å². The molecule has 1 aromatic heterocycles. The molecule has 1 unspecified atom stereocenters. The van der Waals surface area contributed by atoms with Gasteiger partial charge in [0.25, 0.3) is 5.91 Å². The van der Waals surface area contributed by atoms with Crippen molar-refractivity contribution >= 4 is 55.1 Å². The largest absolute Gasteiger partial charge is 0.481 e. The van der Waals surface area contributed by atoms with Gasteiger partial charge in [0.15, 0.2) is 0 Å². The van der Waals surface area contributed by atoms with Crippen LogP contribution in [-0.2, 0) is 4.79 Å². The number of carbonyl (C=O) groups is 2. The van der Waals surface area contributed by atoms with Crippen LogP contribution in [0.4, 0.5) is 0 Å². The van der Waals surface area contributed by atoms with E-state index in [9.17, 15) is 9.59 Å². The summed E-state index contributed by atoms with van der Waals surface area (Å²) in [6.07, 6.45) is 0.480. The van der Waals surface area contributed by atoms with E-state index in [2.05, 4.69) is 37.2 Å². The Bertz CT molecular complexity index is 414. The first-order chi connectivity index (χ1) is 7.90. The van der Waals surface area contributed by atoms with Crippen LogP contribution >= 0.6 is 43.2 Å². The summed E-state index contributed by atoms with van der Waals surface area (Å²) in [6, 6.07) is 1.58. The van der Waals surface area contributed by atoms with Crippen molar-refractivity contribution < 1.29 is 14.7 Å². The summed E-state index contributed by atoms with van der Waals surface area (Å²) in [5, 5.41) is 11.3. The van der Waals surface area contributed by atoms with Crippen LogP contribution in [0.25, 0.3) is 0 Å². The van der Waals surface area contributed by atoms with Gasteiger partial charge in [-0.3, -0.25) is 9.59 Å². The molecular formula is C10H11Br2NO3S. The highest BCUT2D eigenvalue weighted by molar-refractivity contribution is 9.13. The molecule has 2 N–H and O–H groups in total. The van der Waals surface area contributed by atoms with E-state index in [1.807, 2.05) is 0 Å². The quantitative estimate of drug-likeness (QED) is 0.818. The second-order valence-electron chi connectivity index (χ2n) is 3.54. The van der Waals surface area contributed by atoms with Crippen molar-refractivity contribution in [2.45, 2.75) is 25.8 Å². The lowest BCUT2D eigenvalue weighted by atomic mass is 10.2. The van der Waals surface area contributed by atoms with Gasteiger partial charge in [0.1, 0.15) is 0 Å². The van der Waals surface area contributed by atoms with Gasteiger partial charge in [-0.15, -0.1) is 11.3 Å². The zero-order valence-corrected chi connectivity index (χ0v) is 13.0. The van der Waals surface area contributed by atoms with Crippen LogP contribution in [-0.4, -0.2) is 23.0 Å². The summed E-state index contributed by atoms with van der Waals surface area (Å²) < 4.78 is 1.70. The molecule has 0 radical (unpaired) electrons. The summed E-state index contributed by atoms with van der Waals surface area (Å²) in [5.74, 6) is -1.04. The lowest BCUT2D eigenvalue weighted by molar-refractivity contribution is -0.137. The number of carboxylic acid groups (broad SMARTS) is 1. The predicted molar refractivity (Wildman–Crippen MR) is 73.5 cm³/mol. The second kappa shape index (κ2) is 6.51. The summed E-state index contributed by atoms with van der Waals surface area (Å²) in [5.41, 5.74) is 0.